The minimum absolute atomic E-state index is 0.242. The molecule has 1 N–H and O–H groups in total. The summed E-state index contributed by atoms with van der Waals surface area (Å²) in [6.45, 7) is 5.47. The molecule has 0 heterocycles. The third kappa shape index (κ3) is 8.09. The molecule has 0 spiro atoms. The smallest absolute Gasteiger partial charge is 0.330 e. The van der Waals surface area contributed by atoms with E-state index in [1.807, 2.05) is 13.0 Å². The Hall–Kier alpha value is -2.64. The number of phenolic OH excluding ortho intramolecular Hbond substituents is 1. The monoisotopic (exact) mass is 461 g/mol. The first kappa shape index (κ1) is 22.6. The zero-order chi connectivity index (χ0) is 21.2. The topological polar surface area (TPSA) is 76.1 Å². The van der Waals surface area contributed by atoms with Gasteiger partial charge in [-0.3, -0.25) is 9.69 Å². The lowest BCUT2D eigenvalue weighted by Crippen LogP contribution is -2.27. The van der Waals surface area contributed by atoms with Crippen LogP contribution in [0.1, 0.15) is 25.0 Å². The van der Waals surface area contributed by atoms with Crippen LogP contribution in [-0.4, -0.2) is 41.6 Å². The number of rotatable bonds is 9. The van der Waals surface area contributed by atoms with Crippen LogP contribution in [0.2, 0.25) is 0 Å². The number of hydrogen-bond donors (Lipinski definition) is 1. The summed E-state index contributed by atoms with van der Waals surface area (Å²) in [5.74, 6) is -0.122. The molecule has 0 aliphatic rings. The summed E-state index contributed by atoms with van der Waals surface area (Å²) in [5.41, 5.74) is 1.60. The molecule has 2 rings (SSSR count). The normalized spacial score (nSPS) is 11.0. The van der Waals surface area contributed by atoms with Crippen molar-refractivity contribution in [2.45, 2.75) is 20.4 Å². The number of halogens is 1. The van der Waals surface area contributed by atoms with Crippen LogP contribution < -0.4 is 4.74 Å². The zero-order valence-electron chi connectivity index (χ0n) is 16.4. The van der Waals surface area contributed by atoms with Crippen molar-refractivity contribution in [2.24, 2.45) is 0 Å². The number of carbonyl (C=O) groups is 2. The molecule has 2 aromatic rings. The molecule has 6 nitrogen and oxygen atoms in total. The second-order valence-corrected chi connectivity index (χ2v) is 7.22. The quantitative estimate of drug-likeness (QED) is 0.343. The van der Waals surface area contributed by atoms with Crippen molar-refractivity contribution in [1.29, 1.82) is 0 Å². The van der Waals surface area contributed by atoms with E-state index >= 15 is 0 Å². The minimum atomic E-state index is -0.435. The molecular weight excluding hydrogens is 438 g/mol. The number of phenols is 1. The number of ether oxygens (including phenoxy) is 2. The Labute approximate surface area is 178 Å². The summed E-state index contributed by atoms with van der Waals surface area (Å²) in [6, 6.07) is 12.1. The molecule has 0 saturated carbocycles. The molecule has 0 aliphatic carbocycles. The van der Waals surface area contributed by atoms with Crippen LogP contribution in [0.4, 0.5) is 0 Å². The number of carbonyl (C=O) groups excluding carboxylic acids is 2. The van der Waals surface area contributed by atoms with Gasteiger partial charge in [0, 0.05) is 36.1 Å². The summed E-state index contributed by atoms with van der Waals surface area (Å²) in [5, 5.41) is 9.96. The van der Waals surface area contributed by atoms with Gasteiger partial charge < -0.3 is 14.6 Å². The van der Waals surface area contributed by atoms with E-state index in [-0.39, 0.29) is 18.3 Å². The second kappa shape index (κ2) is 11.4. The van der Waals surface area contributed by atoms with Gasteiger partial charge in [-0.15, -0.1) is 0 Å². The van der Waals surface area contributed by atoms with E-state index in [4.69, 9.17) is 9.47 Å². The van der Waals surface area contributed by atoms with E-state index in [2.05, 4.69) is 20.8 Å². The molecule has 0 fully saturated rings. The van der Waals surface area contributed by atoms with Crippen LogP contribution in [0, 0.1) is 0 Å². The van der Waals surface area contributed by atoms with Crippen LogP contribution >= 0.6 is 15.9 Å². The van der Waals surface area contributed by atoms with Crippen molar-refractivity contribution in [2.75, 3.05) is 19.7 Å². The fraction of sp³-hybridized carbons (Fsp3) is 0.273. The zero-order valence-corrected chi connectivity index (χ0v) is 18.0. The molecule has 0 bridgehead atoms. The van der Waals surface area contributed by atoms with Gasteiger partial charge in [-0.1, -0.05) is 35.0 Å². The highest BCUT2D eigenvalue weighted by atomic mass is 79.9. The summed E-state index contributed by atoms with van der Waals surface area (Å²) in [6.07, 6.45) is 2.99. The number of benzene rings is 2. The highest BCUT2D eigenvalue weighted by Gasteiger charge is 2.09. The number of nitrogens with zero attached hydrogens (tertiary/aromatic N) is 1. The van der Waals surface area contributed by atoms with Crippen molar-refractivity contribution in [3.8, 4) is 11.5 Å². The molecule has 2 aromatic carbocycles. The lowest BCUT2D eigenvalue weighted by molar-refractivity contribution is -0.138. The molecule has 0 atom stereocenters. The number of aromatic hydroxyl groups is 1. The van der Waals surface area contributed by atoms with Gasteiger partial charge in [-0.2, -0.15) is 0 Å². The second-order valence-electron chi connectivity index (χ2n) is 6.31. The molecule has 0 saturated heterocycles. The maximum absolute atomic E-state index is 11.9. The van der Waals surface area contributed by atoms with E-state index in [0.717, 1.165) is 22.1 Å². The van der Waals surface area contributed by atoms with Crippen molar-refractivity contribution in [3.63, 3.8) is 0 Å². The van der Waals surface area contributed by atoms with Gasteiger partial charge in [0.25, 0.3) is 0 Å². The van der Waals surface area contributed by atoms with Gasteiger partial charge in [0.2, 0.25) is 0 Å². The SMILES string of the molecule is CCN(CCOC(=O)/C=C/c1ccc(OC(C)=O)cc1)Cc1cc(Br)ccc1O. The molecule has 0 unspecified atom stereocenters. The van der Waals surface area contributed by atoms with Crippen molar-refractivity contribution < 1.29 is 24.2 Å². The van der Waals surface area contributed by atoms with Gasteiger partial charge in [0.15, 0.2) is 0 Å². The van der Waals surface area contributed by atoms with Crippen LogP contribution in [-0.2, 0) is 20.9 Å². The Morgan fingerprint density at radius 3 is 2.55 bits per heavy atom. The van der Waals surface area contributed by atoms with Crippen LogP contribution in [0.3, 0.4) is 0 Å². The van der Waals surface area contributed by atoms with Crippen LogP contribution in [0.15, 0.2) is 53.0 Å². The van der Waals surface area contributed by atoms with Crippen LogP contribution in [0.25, 0.3) is 6.08 Å². The molecule has 154 valence electrons. The Balaban J connectivity index is 1.79. The van der Waals surface area contributed by atoms with E-state index < -0.39 is 5.97 Å². The number of likely N-dealkylation sites (N-methyl/N-ethyl adjacent to an activating group) is 1. The lowest BCUT2D eigenvalue weighted by Gasteiger charge is -2.20. The van der Waals surface area contributed by atoms with Gasteiger partial charge in [-0.25, -0.2) is 4.79 Å². The van der Waals surface area contributed by atoms with Gasteiger partial charge in [0.05, 0.1) is 0 Å². The molecule has 0 radical (unpaired) electrons. The number of esters is 2. The molecule has 0 amide bonds. The van der Waals surface area contributed by atoms with Crippen molar-refractivity contribution in [1.82, 2.24) is 4.90 Å². The maximum atomic E-state index is 11.9. The first-order valence-corrected chi connectivity index (χ1v) is 9.99. The van der Waals surface area contributed by atoms with Gasteiger partial charge in [0.1, 0.15) is 18.1 Å². The Morgan fingerprint density at radius 1 is 1.17 bits per heavy atom. The fourth-order valence-electron chi connectivity index (χ4n) is 2.57. The average molecular weight is 462 g/mol. The first-order valence-electron chi connectivity index (χ1n) is 9.20. The standard InChI is InChI=1S/C22H24BrNO5/c1-3-24(15-18-14-19(23)7-10-21(18)26)12-13-28-22(27)11-6-17-4-8-20(9-5-17)29-16(2)25/h4-11,14,26H,3,12-13,15H2,1-2H3/b11-6+. The molecule has 0 aromatic heterocycles. The summed E-state index contributed by atoms with van der Waals surface area (Å²) >= 11 is 3.40. The Bertz CT molecular complexity index is 864. The molecule has 29 heavy (non-hydrogen) atoms. The van der Waals surface area contributed by atoms with Gasteiger partial charge in [-0.05, 0) is 48.5 Å². The van der Waals surface area contributed by atoms with Crippen molar-refractivity contribution in [3.05, 3.63) is 64.1 Å². The lowest BCUT2D eigenvalue weighted by atomic mass is 10.2. The fourth-order valence-corrected chi connectivity index (χ4v) is 2.98. The third-order valence-electron chi connectivity index (χ3n) is 4.09. The molecule has 0 aliphatic heterocycles. The largest absolute Gasteiger partial charge is 0.508 e. The van der Waals surface area contributed by atoms with E-state index in [0.29, 0.717) is 18.8 Å². The van der Waals surface area contributed by atoms with E-state index in [1.165, 1.54) is 13.0 Å². The predicted molar refractivity (Wildman–Crippen MR) is 115 cm³/mol. The highest BCUT2D eigenvalue weighted by molar-refractivity contribution is 9.10. The van der Waals surface area contributed by atoms with E-state index in [9.17, 15) is 14.7 Å². The first-order chi connectivity index (χ1) is 13.9. The van der Waals surface area contributed by atoms with Crippen LogP contribution in [0.5, 0.6) is 11.5 Å². The van der Waals surface area contributed by atoms with Gasteiger partial charge >= 0.3 is 11.9 Å². The average Bonchev–Trinajstić information content (AvgIpc) is 2.69. The third-order valence-corrected chi connectivity index (χ3v) is 4.58. The van der Waals surface area contributed by atoms with E-state index in [1.54, 1.807) is 42.5 Å². The maximum Gasteiger partial charge on any atom is 0.330 e. The Kier molecular flexibility index (Phi) is 8.89. The van der Waals surface area contributed by atoms with Crippen molar-refractivity contribution >= 4 is 33.9 Å². The molecule has 7 heteroatoms. The molecular formula is C22H24BrNO5. The Morgan fingerprint density at radius 2 is 1.90 bits per heavy atom. The predicted octanol–water partition coefficient (Wildman–Crippen LogP) is 4.16. The summed E-state index contributed by atoms with van der Waals surface area (Å²) in [4.78, 5) is 24.9. The number of hydrogen-bond acceptors (Lipinski definition) is 6. The summed E-state index contributed by atoms with van der Waals surface area (Å²) in [7, 11) is 0. The summed E-state index contributed by atoms with van der Waals surface area (Å²) < 4.78 is 11.1. The minimum Gasteiger partial charge on any atom is -0.508 e. The highest BCUT2D eigenvalue weighted by Crippen LogP contribution is 2.23.